The van der Waals surface area contributed by atoms with Gasteiger partial charge < -0.3 is 4.74 Å². The predicted octanol–water partition coefficient (Wildman–Crippen LogP) is 3.59. The summed E-state index contributed by atoms with van der Waals surface area (Å²) >= 11 is 0. The quantitative estimate of drug-likeness (QED) is 0.319. The Hall–Kier alpha value is -1.38. The average Bonchev–Trinajstić information content (AvgIpc) is 2.44. The molecule has 0 aliphatic heterocycles. The van der Waals surface area contributed by atoms with Gasteiger partial charge in [0, 0.05) is 5.92 Å². The molecule has 0 spiro atoms. The van der Waals surface area contributed by atoms with Gasteiger partial charge in [-0.05, 0) is 38.3 Å². The van der Waals surface area contributed by atoms with E-state index in [0.29, 0.717) is 5.57 Å². The second-order valence-electron chi connectivity index (χ2n) is 5.23. The summed E-state index contributed by atoms with van der Waals surface area (Å²) in [6, 6.07) is 0. The summed E-state index contributed by atoms with van der Waals surface area (Å²) < 4.78 is 4.99. The lowest BCUT2D eigenvalue weighted by molar-refractivity contribution is -0.128. The maximum Gasteiger partial charge on any atom is 0.165 e. The highest BCUT2D eigenvalue weighted by atomic mass is 16.5. The molecule has 1 aliphatic rings. The van der Waals surface area contributed by atoms with Gasteiger partial charge in [-0.15, -0.1) is 0 Å². The lowest BCUT2D eigenvalue weighted by atomic mass is 9.84. The molecular formula is C16H24O3. The Balaban J connectivity index is 2.51. The SMILES string of the molecule is CO/C(C)=C/C=C(\C)C(=O)CC(=O)C1CCCCC1. The first-order valence-electron chi connectivity index (χ1n) is 6.99. The van der Waals surface area contributed by atoms with Gasteiger partial charge in [0.1, 0.15) is 5.78 Å². The fourth-order valence-electron chi connectivity index (χ4n) is 2.27. The molecule has 1 fully saturated rings. The van der Waals surface area contributed by atoms with Crippen molar-refractivity contribution in [1.82, 2.24) is 0 Å². The van der Waals surface area contributed by atoms with Crippen LogP contribution in [0.25, 0.3) is 0 Å². The van der Waals surface area contributed by atoms with Crippen molar-refractivity contribution < 1.29 is 14.3 Å². The highest BCUT2D eigenvalue weighted by molar-refractivity contribution is 6.08. The second kappa shape index (κ2) is 7.93. The van der Waals surface area contributed by atoms with E-state index in [1.165, 1.54) is 6.42 Å². The molecule has 0 atom stereocenters. The number of carbonyl (C=O) groups is 2. The molecule has 0 aromatic carbocycles. The smallest absolute Gasteiger partial charge is 0.165 e. The summed E-state index contributed by atoms with van der Waals surface area (Å²) in [4.78, 5) is 24.0. The van der Waals surface area contributed by atoms with Crippen molar-refractivity contribution in [2.24, 2.45) is 5.92 Å². The molecule has 3 nitrogen and oxygen atoms in total. The van der Waals surface area contributed by atoms with E-state index in [0.717, 1.165) is 31.4 Å². The summed E-state index contributed by atoms with van der Waals surface area (Å²) in [6.45, 7) is 3.57. The summed E-state index contributed by atoms with van der Waals surface area (Å²) in [5, 5.41) is 0. The second-order valence-corrected chi connectivity index (χ2v) is 5.23. The van der Waals surface area contributed by atoms with Crippen LogP contribution in [0.15, 0.2) is 23.5 Å². The number of hydrogen-bond acceptors (Lipinski definition) is 3. The topological polar surface area (TPSA) is 43.4 Å². The van der Waals surface area contributed by atoms with Crippen LogP contribution >= 0.6 is 0 Å². The van der Waals surface area contributed by atoms with Gasteiger partial charge in [0.2, 0.25) is 0 Å². The van der Waals surface area contributed by atoms with E-state index in [-0.39, 0.29) is 23.9 Å². The van der Waals surface area contributed by atoms with Gasteiger partial charge in [-0.1, -0.05) is 25.3 Å². The summed E-state index contributed by atoms with van der Waals surface area (Å²) in [7, 11) is 1.59. The number of methoxy groups -OCH3 is 1. The van der Waals surface area contributed by atoms with Crippen LogP contribution in [0.5, 0.6) is 0 Å². The van der Waals surface area contributed by atoms with E-state index in [2.05, 4.69) is 0 Å². The minimum absolute atomic E-state index is 0.0485. The van der Waals surface area contributed by atoms with Crippen molar-refractivity contribution in [3.8, 4) is 0 Å². The van der Waals surface area contributed by atoms with E-state index >= 15 is 0 Å². The number of rotatable bonds is 6. The fraction of sp³-hybridized carbons (Fsp3) is 0.625. The number of hydrogen-bond donors (Lipinski definition) is 0. The Morgan fingerprint density at radius 3 is 2.32 bits per heavy atom. The van der Waals surface area contributed by atoms with E-state index in [4.69, 9.17) is 4.74 Å². The van der Waals surface area contributed by atoms with E-state index in [1.807, 2.05) is 6.92 Å². The van der Waals surface area contributed by atoms with Gasteiger partial charge in [0.25, 0.3) is 0 Å². The van der Waals surface area contributed by atoms with Crippen LogP contribution < -0.4 is 0 Å². The van der Waals surface area contributed by atoms with Gasteiger partial charge in [-0.2, -0.15) is 0 Å². The normalized spacial score (nSPS) is 18.3. The number of ether oxygens (including phenoxy) is 1. The first-order chi connectivity index (χ1) is 9.04. The van der Waals surface area contributed by atoms with Gasteiger partial charge in [-0.3, -0.25) is 9.59 Å². The Labute approximate surface area is 115 Å². The Kier molecular flexibility index (Phi) is 6.54. The van der Waals surface area contributed by atoms with Gasteiger partial charge in [0.15, 0.2) is 5.78 Å². The maximum absolute atomic E-state index is 12.0. The summed E-state index contributed by atoms with van der Waals surface area (Å²) in [6.07, 6.45) is 8.89. The monoisotopic (exact) mass is 264 g/mol. The van der Waals surface area contributed by atoms with E-state index < -0.39 is 0 Å². The molecule has 106 valence electrons. The van der Waals surface area contributed by atoms with Crippen molar-refractivity contribution in [2.75, 3.05) is 7.11 Å². The minimum Gasteiger partial charge on any atom is -0.501 e. The van der Waals surface area contributed by atoms with Gasteiger partial charge >= 0.3 is 0 Å². The zero-order chi connectivity index (χ0) is 14.3. The molecule has 3 heteroatoms. The molecule has 0 radical (unpaired) electrons. The van der Waals surface area contributed by atoms with Crippen LogP contribution in [0, 0.1) is 5.92 Å². The molecule has 0 aromatic rings. The standard InChI is InChI=1S/C16H24O3/c1-12(9-10-13(2)19-3)15(17)11-16(18)14-7-5-4-6-8-14/h9-10,14H,4-8,11H2,1-3H3/b12-9+,13-10+. The van der Waals surface area contributed by atoms with Gasteiger partial charge in [0.05, 0.1) is 19.3 Å². The molecule has 0 aromatic heterocycles. The molecule has 1 aliphatic carbocycles. The average molecular weight is 264 g/mol. The lowest BCUT2D eigenvalue weighted by Crippen LogP contribution is -2.20. The Bertz CT molecular complexity index is 385. The van der Waals surface area contributed by atoms with Crippen LogP contribution in [0.3, 0.4) is 0 Å². The van der Waals surface area contributed by atoms with Crippen LogP contribution in [-0.4, -0.2) is 18.7 Å². The van der Waals surface area contributed by atoms with Crippen molar-refractivity contribution in [3.05, 3.63) is 23.5 Å². The van der Waals surface area contributed by atoms with E-state index in [9.17, 15) is 9.59 Å². The van der Waals surface area contributed by atoms with E-state index in [1.54, 1.807) is 26.2 Å². The fourth-order valence-corrected chi connectivity index (χ4v) is 2.27. The lowest BCUT2D eigenvalue weighted by Gasteiger charge is -2.19. The van der Waals surface area contributed by atoms with Crippen molar-refractivity contribution >= 4 is 11.6 Å². The number of Topliss-reactive ketones (excluding diaryl/α,β-unsaturated/α-hetero) is 2. The third-order valence-electron chi connectivity index (χ3n) is 3.73. The zero-order valence-electron chi connectivity index (χ0n) is 12.2. The summed E-state index contributed by atoms with van der Waals surface area (Å²) in [5.41, 5.74) is 0.612. The van der Waals surface area contributed by atoms with Crippen molar-refractivity contribution in [3.63, 3.8) is 0 Å². The highest BCUT2D eigenvalue weighted by Gasteiger charge is 2.23. The van der Waals surface area contributed by atoms with Crippen LogP contribution in [0.4, 0.5) is 0 Å². The molecule has 1 rings (SSSR count). The van der Waals surface area contributed by atoms with Crippen molar-refractivity contribution in [1.29, 1.82) is 0 Å². The molecule has 0 N–H and O–H groups in total. The largest absolute Gasteiger partial charge is 0.501 e. The number of allylic oxidation sites excluding steroid dienone is 4. The first-order valence-corrected chi connectivity index (χ1v) is 6.99. The van der Waals surface area contributed by atoms with Crippen molar-refractivity contribution in [2.45, 2.75) is 52.4 Å². The predicted molar refractivity (Wildman–Crippen MR) is 75.7 cm³/mol. The van der Waals surface area contributed by atoms with Crippen LogP contribution in [0.2, 0.25) is 0 Å². The molecule has 0 saturated heterocycles. The minimum atomic E-state index is -0.0734. The highest BCUT2D eigenvalue weighted by Crippen LogP contribution is 2.25. The molecule has 1 saturated carbocycles. The molecular weight excluding hydrogens is 240 g/mol. The van der Waals surface area contributed by atoms with Crippen LogP contribution in [-0.2, 0) is 14.3 Å². The Morgan fingerprint density at radius 1 is 1.11 bits per heavy atom. The molecule has 0 unspecified atom stereocenters. The maximum atomic E-state index is 12.0. The Morgan fingerprint density at radius 2 is 1.74 bits per heavy atom. The third-order valence-corrected chi connectivity index (χ3v) is 3.73. The third kappa shape index (κ3) is 5.41. The molecule has 0 bridgehead atoms. The van der Waals surface area contributed by atoms with Crippen LogP contribution in [0.1, 0.15) is 52.4 Å². The molecule has 0 amide bonds. The van der Waals surface area contributed by atoms with Gasteiger partial charge in [-0.25, -0.2) is 0 Å². The zero-order valence-corrected chi connectivity index (χ0v) is 12.2. The number of carbonyl (C=O) groups excluding carboxylic acids is 2. The molecule has 0 heterocycles. The summed E-state index contributed by atoms with van der Waals surface area (Å²) in [5.74, 6) is 0.896. The number of ketones is 2. The molecule has 19 heavy (non-hydrogen) atoms. The first kappa shape index (κ1) is 15.7.